The quantitative estimate of drug-likeness (QED) is 0.314. The predicted molar refractivity (Wildman–Crippen MR) is 172 cm³/mol. The van der Waals surface area contributed by atoms with Gasteiger partial charge in [-0.15, -0.1) is 17.0 Å². The van der Waals surface area contributed by atoms with Crippen LogP contribution >= 0.6 is 17.0 Å². The first-order valence-electron chi connectivity index (χ1n) is 13.8. The summed E-state index contributed by atoms with van der Waals surface area (Å²) in [5, 5.41) is 7.00. The van der Waals surface area contributed by atoms with Gasteiger partial charge in [0.25, 0.3) is 0 Å². The summed E-state index contributed by atoms with van der Waals surface area (Å²) in [5.41, 5.74) is 12.3. The van der Waals surface area contributed by atoms with Gasteiger partial charge in [-0.05, 0) is 70.0 Å². The maximum absolute atomic E-state index is 10.7. The van der Waals surface area contributed by atoms with Gasteiger partial charge in [-0.3, -0.25) is 4.79 Å². The number of carbonyl (C=O) groups excluding carboxylic acids is 1. The molecule has 1 aromatic carbocycles. The Morgan fingerprint density at radius 2 is 1.51 bits per heavy atom. The van der Waals surface area contributed by atoms with Gasteiger partial charge in [0.05, 0.1) is 0 Å². The number of fused-ring (bicyclic) bond motifs is 1. The number of aliphatic hydroxyl groups is 1. The van der Waals surface area contributed by atoms with Crippen molar-refractivity contribution in [2.75, 3.05) is 19.1 Å². The monoisotopic (exact) mass is 585 g/mol. The van der Waals surface area contributed by atoms with Crippen LogP contribution in [0.15, 0.2) is 48.6 Å². The smallest absolute Gasteiger partial charge is 0.214 e. The van der Waals surface area contributed by atoms with Crippen molar-refractivity contribution >= 4 is 29.1 Å². The van der Waals surface area contributed by atoms with Crippen molar-refractivity contribution in [1.29, 1.82) is 0 Å². The fourth-order valence-electron chi connectivity index (χ4n) is 3.36. The number of benzene rings is 1. The summed E-state index contributed by atoms with van der Waals surface area (Å²) in [7, 11) is 2.50. The zero-order valence-electron chi connectivity index (χ0n) is 25.3. The van der Waals surface area contributed by atoms with E-state index in [1.165, 1.54) is 51.1 Å². The van der Waals surface area contributed by atoms with Gasteiger partial charge in [0, 0.05) is 24.9 Å². The first-order chi connectivity index (χ1) is 17.4. The van der Waals surface area contributed by atoms with Crippen molar-refractivity contribution in [2.45, 2.75) is 105 Å². The SMILES string of the molecule is Br.CC.CC(C)C(C)N.CC1/C=C\C=C/CCCCCC1.CC1Cc2ccccc2N1C=O.CN.CO. The van der Waals surface area contributed by atoms with E-state index < -0.39 is 0 Å². The number of nitrogens with two attached hydrogens (primary N) is 2. The first kappa shape index (κ1) is 42.6. The molecule has 0 fully saturated rings. The van der Waals surface area contributed by atoms with E-state index in [0.29, 0.717) is 18.0 Å². The van der Waals surface area contributed by atoms with Crippen molar-refractivity contribution in [3.8, 4) is 0 Å². The molecule has 1 heterocycles. The zero-order valence-corrected chi connectivity index (χ0v) is 27.0. The highest BCUT2D eigenvalue weighted by Gasteiger charge is 2.24. The van der Waals surface area contributed by atoms with Crippen LogP contribution in [0.4, 0.5) is 5.69 Å². The lowest BCUT2D eigenvalue weighted by atomic mass is 10.0. The Morgan fingerprint density at radius 3 is 2.05 bits per heavy atom. The van der Waals surface area contributed by atoms with E-state index in [0.717, 1.165) is 31.5 Å². The van der Waals surface area contributed by atoms with Gasteiger partial charge < -0.3 is 21.5 Å². The van der Waals surface area contributed by atoms with E-state index in [4.69, 9.17) is 10.8 Å². The van der Waals surface area contributed by atoms with E-state index in [-0.39, 0.29) is 17.0 Å². The average molecular weight is 587 g/mol. The second kappa shape index (κ2) is 30.8. The molecule has 3 rings (SSSR count). The molecule has 0 radical (unpaired) electrons. The fraction of sp³-hybridized carbons (Fsp3) is 0.645. The Bertz CT molecular complexity index is 658. The van der Waals surface area contributed by atoms with Crippen LogP contribution in [0.3, 0.4) is 0 Å². The molecule has 0 aromatic heterocycles. The minimum absolute atomic E-state index is 0. The van der Waals surface area contributed by atoms with E-state index in [9.17, 15) is 4.79 Å². The molecule has 1 aromatic rings. The molecule has 5 N–H and O–H groups in total. The second-order valence-corrected chi connectivity index (χ2v) is 9.08. The molecule has 0 saturated heterocycles. The first-order valence-corrected chi connectivity index (χ1v) is 13.8. The molecule has 6 heteroatoms. The molecule has 0 saturated carbocycles. The van der Waals surface area contributed by atoms with E-state index in [2.05, 4.69) is 63.8 Å². The van der Waals surface area contributed by atoms with Gasteiger partial charge >= 0.3 is 0 Å². The largest absolute Gasteiger partial charge is 0.400 e. The second-order valence-electron chi connectivity index (χ2n) is 9.08. The number of nitrogens with zero attached hydrogens (tertiary/aromatic N) is 1. The Balaban J connectivity index is -0.000000206. The fourth-order valence-corrected chi connectivity index (χ4v) is 3.36. The number of hydrogen-bond donors (Lipinski definition) is 3. The van der Waals surface area contributed by atoms with Crippen LogP contribution in [-0.4, -0.2) is 37.8 Å². The lowest BCUT2D eigenvalue weighted by molar-refractivity contribution is -0.107. The molecule has 1 aliphatic heterocycles. The number of allylic oxidation sites excluding steroid dienone is 4. The molecular weight excluding hydrogens is 526 g/mol. The summed E-state index contributed by atoms with van der Waals surface area (Å²) in [6.07, 6.45) is 19.1. The maximum Gasteiger partial charge on any atom is 0.214 e. The molecule has 0 bridgehead atoms. The van der Waals surface area contributed by atoms with Gasteiger partial charge in [-0.1, -0.05) is 96.4 Å². The minimum atomic E-state index is 0. The van der Waals surface area contributed by atoms with Crippen LogP contribution in [0.1, 0.15) is 92.6 Å². The lowest BCUT2D eigenvalue weighted by Crippen LogP contribution is -2.27. The zero-order chi connectivity index (χ0) is 28.4. The Kier molecular flexibility index (Phi) is 35.4. The molecule has 1 amide bonds. The van der Waals surface area contributed by atoms with Crippen molar-refractivity contribution in [3.63, 3.8) is 0 Å². The number of para-hydroxylation sites is 1. The highest BCUT2D eigenvalue weighted by molar-refractivity contribution is 8.93. The van der Waals surface area contributed by atoms with Gasteiger partial charge in [0.15, 0.2) is 0 Å². The third-order valence-corrected chi connectivity index (χ3v) is 5.89. The minimum Gasteiger partial charge on any atom is -0.400 e. The van der Waals surface area contributed by atoms with Crippen LogP contribution in [0.5, 0.6) is 0 Å². The Morgan fingerprint density at radius 1 is 0.973 bits per heavy atom. The Labute approximate surface area is 240 Å². The van der Waals surface area contributed by atoms with Crippen LogP contribution in [-0.2, 0) is 11.2 Å². The lowest BCUT2D eigenvalue weighted by Gasteiger charge is -2.15. The molecule has 3 atom stereocenters. The van der Waals surface area contributed by atoms with Crippen molar-refractivity contribution < 1.29 is 9.90 Å². The standard InChI is InChI=1S/C12H20.C10H11NO.C5H13N.C2H6.CH5N.CH4O.BrH/c1-12-10-8-6-4-2-3-5-7-9-11-12;1-8-6-9-4-2-3-5-10(9)11(8)7-12;1-4(2)5(3)6;3*1-2;/h4,6,8,10,12H,2-3,5,7,9,11H2,1H3;2-5,7-8H,6H2,1H3;4-5H,6H2,1-3H3;1-2H3;2H2,1H3;2H,1H3;1H/b6-4-,10-8-;;;;;;. The summed E-state index contributed by atoms with van der Waals surface area (Å²) >= 11 is 0. The summed E-state index contributed by atoms with van der Waals surface area (Å²) in [4.78, 5) is 12.5. The normalized spacial score (nSPS) is 20.1. The molecule has 0 spiro atoms. The van der Waals surface area contributed by atoms with Gasteiger partial charge in [-0.2, -0.15) is 0 Å². The number of rotatable bonds is 2. The molecular formula is C31H60BrN3O2. The highest BCUT2D eigenvalue weighted by atomic mass is 79.9. The van der Waals surface area contributed by atoms with Crippen molar-refractivity contribution in [1.82, 2.24) is 0 Å². The maximum atomic E-state index is 10.7. The summed E-state index contributed by atoms with van der Waals surface area (Å²) < 4.78 is 0. The third kappa shape index (κ3) is 22.2. The Hall–Kier alpha value is -1.47. The van der Waals surface area contributed by atoms with E-state index >= 15 is 0 Å². The predicted octanol–water partition coefficient (Wildman–Crippen LogP) is 7.46. The van der Waals surface area contributed by atoms with E-state index in [1.54, 1.807) is 4.90 Å². The molecule has 2 aliphatic rings. The molecule has 1 aliphatic carbocycles. The summed E-state index contributed by atoms with van der Waals surface area (Å²) in [6, 6.07) is 8.72. The van der Waals surface area contributed by atoms with Gasteiger partial charge in [-0.25, -0.2) is 0 Å². The molecule has 3 unspecified atom stereocenters. The number of aliphatic hydroxyl groups excluding tert-OH is 1. The van der Waals surface area contributed by atoms with E-state index in [1.807, 2.05) is 39.0 Å². The number of carbonyl (C=O) groups is 1. The summed E-state index contributed by atoms with van der Waals surface area (Å²) in [5.74, 6) is 1.40. The van der Waals surface area contributed by atoms with Crippen LogP contribution in [0.25, 0.3) is 0 Å². The van der Waals surface area contributed by atoms with Crippen molar-refractivity contribution in [3.05, 3.63) is 54.1 Å². The van der Waals surface area contributed by atoms with Gasteiger partial charge in [0.1, 0.15) is 0 Å². The number of anilines is 1. The number of halogens is 1. The third-order valence-electron chi connectivity index (χ3n) is 5.89. The average Bonchev–Trinajstić information content (AvgIpc) is 3.21. The van der Waals surface area contributed by atoms with Crippen LogP contribution in [0.2, 0.25) is 0 Å². The molecule has 5 nitrogen and oxygen atoms in total. The molecule has 37 heavy (non-hydrogen) atoms. The molecule has 218 valence electrons. The van der Waals surface area contributed by atoms with Gasteiger partial charge in [0.2, 0.25) is 6.41 Å². The highest BCUT2D eigenvalue weighted by Crippen LogP contribution is 2.29. The number of hydrogen-bond acceptors (Lipinski definition) is 4. The van der Waals surface area contributed by atoms with Crippen molar-refractivity contribution in [2.24, 2.45) is 23.3 Å². The summed E-state index contributed by atoms with van der Waals surface area (Å²) in [6.45, 7) is 14.6. The number of amides is 1. The van der Waals surface area contributed by atoms with Crippen LogP contribution in [0, 0.1) is 11.8 Å². The topological polar surface area (TPSA) is 92.6 Å². The van der Waals surface area contributed by atoms with Crippen LogP contribution < -0.4 is 16.4 Å².